The number of carbonyl (C=O) groups excluding carboxylic acids is 1. The molecular weight excluding hydrogens is 160 g/mol. The lowest BCUT2D eigenvalue weighted by atomic mass is 10.3. The summed E-state index contributed by atoms with van der Waals surface area (Å²) in [5.74, 6) is -0.732. The van der Waals surface area contributed by atoms with Crippen LogP contribution >= 0.6 is 0 Å². The zero-order valence-electron chi connectivity index (χ0n) is 6.92. The fraction of sp³-hybridized carbons (Fsp3) is 0.429. The number of aromatic amines is 1. The highest BCUT2D eigenvalue weighted by atomic mass is 16.5. The van der Waals surface area contributed by atoms with Crippen LogP contribution in [0.1, 0.15) is 23.1 Å². The number of nitrogens with zero attached hydrogens (tertiary/aromatic N) is 1. The molecule has 0 spiro atoms. The number of carbonyl (C=O) groups is 1. The van der Waals surface area contributed by atoms with Crippen molar-refractivity contribution in [2.45, 2.75) is 13.8 Å². The second-order valence-electron chi connectivity index (χ2n) is 2.25. The third kappa shape index (κ3) is 1.39. The van der Waals surface area contributed by atoms with E-state index in [1.165, 1.54) is 0 Å². The Morgan fingerprint density at radius 3 is 2.83 bits per heavy atom. The molecule has 0 aliphatic heterocycles. The van der Waals surface area contributed by atoms with Crippen molar-refractivity contribution in [2.24, 2.45) is 0 Å². The Morgan fingerprint density at radius 1 is 1.75 bits per heavy atom. The van der Waals surface area contributed by atoms with Gasteiger partial charge in [0.05, 0.1) is 6.61 Å². The molecule has 0 unspecified atom stereocenters. The molecule has 1 rings (SSSR count). The van der Waals surface area contributed by atoms with E-state index in [1.807, 2.05) is 0 Å². The monoisotopic (exact) mass is 170 g/mol. The van der Waals surface area contributed by atoms with Gasteiger partial charge in [0.1, 0.15) is 5.69 Å². The molecule has 0 aliphatic carbocycles. The van der Waals surface area contributed by atoms with Gasteiger partial charge >= 0.3 is 5.97 Å². The number of H-pyrrole nitrogens is 1. The molecule has 0 bridgehead atoms. The molecule has 5 nitrogen and oxygen atoms in total. The van der Waals surface area contributed by atoms with E-state index in [1.54, 1.807) is 13.8 Å². The first-order chi connectivity index (χ1) is 5.66. The fourth-order valence-electron chi connectivity index (χ4n) is 0.772. The highest BCUT2D eigenvalue weighted by Crippen LogP contribution is 2.18. The van der Waals surface area contributed by atoms with Gasteiger partial charge in [-0.2, -0.15) is 5.10 Å². The summed E-state index contributed by atoms with van der Waals surface area (Å²) in [5, 5.41) is 15.3. The van der Waals surface area contributed by atoms with Crippen molar-refractivity contribution >= 4 is 5.97 Å². The van der Waals surface area contributed by atoms with Gasteiger partial charge in [-0.25, -0.2) is 4.79 Å². The Labute approximate surface area is 69.4 Å². The molecule has 1 aromatic rings. The lowest BCUT2D eigenvalue weighted by Crippen LogP contribution is -2.05. The van der Waals surface area contributed by atoms with Crippen LogP contribution in [-0.2, 0) is 4.74 Å². The average molecular weight is 170 g/mol. The number of aryl methyl sites for hydroxylation is 1. The minimum atomic E-state index is -0.587. The second-order valence-corrected chi connectivity index (χ2v) is 2.25. The van der Waals surface area contributed by atoms with Crippen LogP contribution in [0.25, 0.3) is 0 Å². The lowest BCUT2D eigenvalue weighted by molar-refractivity contribution is 0.0516. The SMILES string of the molecule is CCOC(=O)c1[nH]nc(C)c1O. The largest absolute Gasteiger partial charge is 0.504 e. The van der Waals surface area contributed by atoms with Crippen LogP contribution < -0.4 is 0 Å². The van der Waals surface area contributed by atoms with E-state index in [0.717, 1.165) is 0 Å². The number of aromatic hydroxyl groups is 1. The highest BCUT2D eigenvalue weighted by molar-refractivity contribution is 5.90. The molecule has 0 fully saturated rings. The van der Waals surface area contributed by atoms with Crippen molar-refractivity contribution in [1.29, 1.82) is 0 Å². The van der Waals surface area contributed by atoms with Gasteiger partial charge in [0.25, 0.3) is 0 Å². The summed E-state index contributed by atoms with van der Waals surface area (Å²) in [6.07, 6.45) is 0. The molecular formula is C7H10N2O3. The normalized spacial score (nSPS) is 9.83. The van der Waals surface area contributed by atoms with Gasteiger partial charge < -0.3 is 9.84 Å². The second kappa shape index (κ2) is 3.25. The van der Waals surface area contributed by atoms with Crippen LogP contribution in [-0.4, -0.2) is 27.9 Å². The van der Waals surface area contributed by atoms with Gasteiger partial charge in [-0.05, 0) is 13.8 Å². The van der Waals surface area contributed by atoms with Gasteiger partial charge in [-0.15, -0.1) is 0 Å². The van der Waals surface area contributed by atoms with Crippen LogP contribution in [0.4, 0.5) is 0 Å². The van der Waals surface area contributed by atoms with Crippen molar-refractivity contribution in [1.82, 2.24) is 10.2 Å². The van der Waals surface area contributed by atoms with Crippen molar-refractivity contribution in [3.63, 3.8) is 0 Å². The zero-order chi connectivity index (χ0) is 9.14. The molecule has 1 heterocycles. The first-order valence-corrected chi connectivity index (χ1v) is 3.57. The Morgan fingerprint density at radius 2 is 2.42 bits per heavy atom. The summed E-state index contributed by atoms with van der Waals surface area (Å²) in [7, 11) is 0. The summed E-state index contributed by atoms with van der Waals surface area (Å²) in [5.41, 5.74) is 0.396. The zero-order valence-corrected chi connectivity index (χ0v) is 6.92. The highest BCUT2D eigenvalue weighted by Gasteiger charge is 2.16. The Hall–Kier alpha value is -1.52. The van der Waals surface area contributed by atoms with Crippen LogP contribution in [0, 0.1) is 6.92 Å². The first kappa shape index (κ1) is 8.58. The molecule has 0 amide bonds. The minimum absolute atomic E-state index is 0.00866. The maximum Gasteiger partial charge on any atom is 0.360 e. The average Bonchev–Trinajstić information content (AvgIpc) is 2.34. The summed E-state index contributed by atoms with van der Waals surface area (Å²) >= 11 is 0. The van der Waals surface area contributed by atoms with E-state index < -0.39 is 5.97 Å². The first-order valence-electron chi connectivity index (χ1n) is 3.57. The molecule has 0 saturated heterocycles. The van der Waals surface area contributed by atoms with E-state index in [0.29, 0.717) is 5.69 Å². The number of hydrogen-bond acceptors (Lipinski definition) is 4. The van der Waals surface area contributed by atoms with E-state index in [9.17, 15) is 9.90 Å². The van der Waals surface area contributed by atoms with E-state index in [2.05, 4.69) is 14.9 Å². The third-order valence-electron chi connectivity index (χ3n) is 1.39. The van der Waals surface area contributed by atoms with Crippen LogP contribution in [0.3, 0.4) is 0 Å². The molecule has 2 N–H and O–H groups in total. The number of nitrogens with one attached hydrogen (secondary N) is 1. The predicted molar refractivity (Wildman–Crippen MR) is 40.9 cm³/mol. The Kier molecular flexibility index (Phi) is 2.32. The van der Waals surface area contributed by atoms with Crippen molar-refractivity contribution < 1.29 is 14.6 Å². The van der Waals surface area contributed by atoms with Gasteiger partial charge in [-0.3, -0.25) is 5.10 Å². The molecule has 66 valence electrons. The maximum atomic E-state index is 11.0. The minimum Gasteiger partial charge on any atom is -0.504 e. The summed E-state index contributed by atoms with van der Waals surface area (Å²) in [6, 6.07) is 0. The standard InChI is InChI=1S/C7H10N2O3/c1-3-12-7(11)5-6(10)4(2)8-9-5/h10H,3H2,1-2H3,(H,8,9). The molecule has 12 heavy (non-hydrogen) atoms. The smallest absolute Gasteiger partial charge is 0.360 e. The summed E-state index contributed by atoms with van der Waals surface area (Å²) in [6.45, 7) is 3.56. The van der Waals surface area contributed by atoms with Gasteiger partial charge in [0, 0.05) is 0 Å². The topological polar surface area (TPSA) is 75.2 Å². The van der Waals surface area contributed by atoms with Gasteiger partial charge in [-0.1, -0.05) is 0 Å². The number of aromatic nitrogens is 2. The number of esters is 1. The van der Waals surface area contributed by atoms with Crippen LogP contribution in [0.15, 0.2) is 0 Å². The van der Waals surface area contributed by atoms with Crippen LogP contribution in [0.5, 0.6) is 5.75 Å². The fourth-order valence-corrected chi connectivity index (χ4v) is 0.772. The molecule has 5 heteroatoms. The molecule has 0 radical (unpaired) electrons. The number of ether oxygens (including phenoxy) is 1. The molecule has 0 aliphatic rings. The summed E-state index contributed by atoms with van der Waals surface area (Å²) < 4.78 is 4.65. The quantitative estimate of drug-likeness (QED) is 0.637. The van der Waals surface area contributed by atoms with Gasteiger partial charge in [0.15, 0.2) is 11.4 Å². The molecule has 0 atom stereocenters. The van der Waals surface area contributed by atoms with E-state index >= 15 is 0 Å². The molecule has 0 aromatic carbocycles. The number of hydrogen-bond donors (Lipinski definition) is 2. The van der Waals surface area contributed by atoms with Crippen LogP contribution in [0.2, 0.25) is 0 Å². The predicted octanol–water partition coefficient (Wildman–Crippen LogP) is 0.600. The maximum absolute atomic E-state index is 11.0. The summed E-state index contributed by atoms with van der Waals surface area (Å²) in [4.78, 5) is 11.0. The molecule has 0 saturated carbocycles. The van der Waals surface area contributed by atoms with E-state index in [-0.39, 0.29) is 18.1 Å². The van der Waals surface area contributed by atoms with E-state index in [4.69, 9.17) is 0 Å². The molecule has 1 aromatic heterocycles. The van der Waals surface area contributed by atoms with Crippen molar-refractivity contribution in [3.8, 4) is 5.75 Å². The Bertz CT molecular complexity index is 293. The van der Waals surface area contributed by atoms with Gasteiger partial charge in [0.2, 0.25) is 0 Å². The third-order valence-corrected chi connectivity index (χ3v) is 1.39. The Balaban J connectivity index is 2.88. The van der Waals surface area contributed by atoms with Crippen molar-refractivity contribution in [2.75, 3.05) is 6.61 Å². The lowest BCUT2D eigenvalue weighted by Gasteiger charge is -1.97. The number of rotatable bonds is 2. The van der Waals surface area contributed by atoms with Crippen molar-refractivity contribution in [3.05, 3.63) is 11.4 Å².